The van der Waals surface area contributed by atoms with Crippen molar-refractivity contribution >= 4 is 62.3 Å². The van der Waals surface area contributed by atoms with Gasteiger partial charge in [0, 0.05) is 33.3 Å². The highest BCUT2D eigenvalue weighted by Gasteiger charge is 2.34. The normalized spacial score (nSPS) is 31.1. The van der Waals surface area contributed by atoms with Crippen molar-refractivity contribution in [3.05, 3.63) is 0 Å². The number of halogens is 2. The largest absolute Gasteiger partial charge is 0.481 e. The van der Waals surface area contributed by atoms with Gasteiger partial charge < -0.3 is 26.4 Å². The van der Waals surface area contributed by atoms with Crippen LogP contribution in [0.15, 0.2) is 4.99 Å². The molecule has 32 heavy (non-hydrogen) atoms. The van der Waals surface area contributed by atoms with Gasteiger partial charge in [0.05, 0.1) is 19.5 Å². The molecule has 2 saturated carbocycles. The lowest BCUT2D eigenvalue weighted by molar-refractivity contribution is -0.138. The number of carboxylic acid groups (broad SMARTS) is 1. The van der Waals surface area contributed by atoms with Gasteiger partial charge in [0.1, 0.15) is 0 Å². The van der Waals surface area contributed by atoms with Gasteiger partial charge in [-0.2, -0.15) is 0 Å². The molecule has 1 heterocycles. The van der Waals surface area contributed by atoms with Crippen molar-refractivity contribution in [2.75, 3.05) is 19.6 Å². The summed E-state index contributed by atoms with van der Waals surface area (Å²) < 4.78 is 0.446. The zero-order valence-corrected chi connectivity index (χ0v) is 21.9. The molecule has 2 fully saturated rings. The summed E-state index contributed by atoms with van der Waals surface area (Å²) in [5, 5.41) is 21.5. The van der Waals surface area contributed by atoms with Gasteiger partial charge in [0.25, 0.3) is 0 Å². The van der Waals surface area contributed by atoms with Crippen LogP contribution in [-0.2, 0) is 14.4 Å². The van der Waals surface area contributed by atoms with Crippen LogP contribution in [0, 0.1) is 11.8 Å². The average Bonchev–Trinajstić information content (AvgIpc) is 3.23. The molecule has 0 aromatic carbocycles. The lowest BCUT2D eigenvalue weighted by atomic mass is 9.82. The predicted molar refractivity (Wildman–Crippen MR) is 134 cm³/mol. The Labute approximate surface area is 211 Å². The third kappa shape index (κ3) is 8.03. The molecule has 2 aliphatic carbocycles. The van der Waals surface area contributed by atoms with E-state index in [-0.39, 0.29) is 42.7 Å². The first-order valence-electron chi connectivity index (χ1n) is 11.4. The summed E-state index contributed by atoms with van der Waals surface area (Å²) in [6, 6.07) is -0.236. The summed E-state index contributed by atoms with van der Waals surface area (Å²) in [6.07, 6.45) is 6.10. The standard InChI is InChI=1S/C21H33BrIN5O4/c22-14-6-13(7-15(23)9-14)17(10-19(30)31)28-18(29)11-26-20(32)12-2-1-3-16(8-12)27-21-24-4-5-25-21/h12-17H,1-11H2,(H,26,32)(H,28,29)(H,30,31)(H2,24,25,27). The fourth-order valence-corrected chi connectivity index (χ4v) is 7.79. The number of nitrogens with one attached hydrogen (secondary N) is 4. The van der Waals surface area contributed by atoms with Gasteiger partial charge in [-0.25, -0.2) is 0 Å². The predicted octanol–water partition coefficient (Wildman–Crippen LogP) is 1.54. The molecular weight excluding hydrogens is 593 g/mol. The van der Waals surface area contributed by atoms with Crippen molar-refractivity contribution in [2.24, 2.45) is 16.8 Å². The summed E-state index contributed by atoms with van der Waals surface area (Å²) in [4.78, 5) is 41.3. The Balaban J connectivity index is 1.46. The third-order valence-corrected chi connectivity index (χ3v) is 8.19. The van der Waals surface area contributed by atoms with Gasteiger partial charge in [-0.3, -0.25) is 19.4 Å². The van der Waals surface area contributed by atoms with Gasteiger partial charge in [0.15, 0.2) is 5.96 Å². The number of carboxylic acids is 1. The molecule has 5 N–H and O–H groups in total. The second-order valence-corrected chi connectivity index (χ2v) is 12.1. The zero-order chi connectivity index (χ0) is 23.1. The average molecular weight is 626 g/mol. The number of carbonyl (C=O) groups is 3. The van der Waals surface area contributed by atoms with Crippen LogP contribution >= 0.6 is 38.5 Å². The third-order valence-electron chi connectivity index (χ3n) is 6.42. The van der Waals surface area contributed by atoms with E-state index in [2.05, 4.69) is 64.8 Å². The minimum Gasteiger partial charge on any atom is -0.481 e. The molecule has 0 aromatic rings. The lowest BCUT2D eigenvalue weighted by Crippen LogP contribution is -2.49. The fourth-order valence-electron chi connectivity index (χ4n) is 4.89. The van der Waals surface area contributed by atoms with Crippen molar-refractivity contribution in [1.29, 1.82) is 0 Å². The second-order valence-electron chi connectivity index (χ2n) is 9.01. The molecule has 6 unspecified atom stereocenters. The van der Waals surface area contributed by atoms with Crippen LogP contribution in [0.3, 0.4) is 0 Å². The topological polar surface area (TPSA) is 132 Å². The Morgan fingerprint density at radius 3 is 2.72 bits per heavy atom. The lowest BCUT2D eigenvalue weighted by Gasteiger charge is -2.35. The first-order valence-corrected chi connectivity index (χ1v) is 13.6. The monoisotopic (exact) mass is 625 g/mol. The van der Waals surface area contributed by atoms with Crippen molar-refractivity contribution in [1.82, 2.24) is 21.3 Å². The van der Waals surface area contributed by atoms with E-state index in [0.717, 1.165) is 57.6 Å². The number of carbonyl (C=O) groups excluding carboxylic acids is 2. The van der Waals surface area contributed by atoms with E-state index in [1.165, 1.54) is 0 Å². The van der Waals surface area contributed by atoms with Gasteiger partial charge in [0.2, 0.25) is 11.8 Å². The second kappa shape index (κ2) is 12.4. The Morgan fingerprint density at radius 2 is 2.03 bits per heavy atom. The number of guanidine groups is 1. The number of rotatable bonds is 8. The Morgan fingerprint density at radius 1 is 1.22 bits per heavy atom. The molecule has 0 saturated heterocycles. The van der Waals surface area contributed by atoms with E-state index in [1.807, 2.05) is 0 Å². The summed E-state index contributed by atoms with van der Waals surface area (Å²) in [6.45, 7) is 1.48. The van der Waals surface area contributed by atoms with Crippen LogP contribution in [0.4, 0.5) is 0 Å². The van der Waals surface area contributed by atoms with Crippen LogP contribution in [0.5, 0.6) is 0 Å². The Kier molecular flexibility index (Phi) is 9.87. The number of hydrogen-bond donors (Lipinski definition) is 5. The molecule has 9 nitrogen and oxygen atoms in total. The van der Waals surface area contributed by atoms with Gasteiger partial charge in [-0.1, -0.05) is 44.9 Å². The zero-order valence-electron chi connectivity index (χ0n) is 18.1. The minimum absolute atomic E-state index is 0.100. The van der Waals surface area contributed by atoms with Crippen LogP contribution < -0.4 is 21.3 Å². The number of alkyl halides is 2. The molecule has 6 atom stereocenters. The van der Waals surface area contributed by atoms with Crippen molar-refractivity contribution in [2.45, 2.75) is 72.2 Å². The van der Waals surface area contributed by atoms with Gasteiger partial charge >= 0.3 is 5.97 Å². The van der Waals surface area contributed by atoms with Crippen molar-refractivity contribution in [3.8, 4) is 0 Å². The summed E-state index contributed by atoms with van der Waals surface area (Å²) in [5.41, 5.74) is 0. The molecule has 180 valence electrons. The van der Waals surface area contributed by atoms with Crippen LogP contribution in [0.25, 0.3) is 0 Å². The highest BCUT2D eigenvalue weighted by atomic mass is 127. The molecule has 0 spiro atoms. The molecule has 2 amide bonds. The number of nitrogens with zero attached hydrogens (tertiary/aromatic N) is 1. The molecular formula is C21H33BrIN5O4. The highest BCUT2D eigenvalue weighted by molar-refractivity contribution is 14.1. The van der Waals surface area contributed by atoms with E-state index < -0.39 is 12.0 Å². The SMILES string of the molecule is O=C(O)CC(NC(=O)CNC(=O)C1CCCC(NC2=NCCN2)C1)C1CC(Br)CC(I)C1. The van der Waals surface area contributed by atoms with Gasteiger partial charge in [-0.15, -0.1) is 0 Å². The van der Waals surface area contributed by atoms with Crippen LogP contribution in [-0.4, -0.2) is 69.3 Å². The van der Waals surface area contributed by atoms with E-state index in [1.54, 1.807) is 0 Å². The molecule has 11 heteroatoms. The minimum atomic E-state index is -0.928. The van der Waals surface area contributed by atoms with Crippen LogP contribution in [0.2, 0.25) is 0 Å². The summed E-state index contributed by atoms with van der Waals surface area (Å²) >= 11 is 6.05. The number of hydrogen-bond acceptors (Lipinski definition) is 6. The number of aliphatic carboxylic acids is 1. The smallest absolute Gasteiger partial charge is 0.305 e. The van der Waals surface area contributed by atoms with E-state index >= 15 is 0 Å². The van der Waals surface area contributed by atoms with E-state index in [9.17, 15) is 19.5 Å². The van der Waals surface area contributed by atoms with Crippen molar-refractivity contribution < 1.29 is 19.5 Å². The number of amides is 2. The van der Waals surface area contributed by atoms with Crippen molar-refractivity contribution in [3.63, 3.8) is 0 Å². The van der Waals surface area contributed by atoms with E-state index in [0.29, 0.717) is 15.2 Å². The molecule has 3 aliphatic rings. The molecule has 1 aliphatic heterocycles. The maximum Gasteiger partial charge on any atom is 0.305 e. The highest BCUT2D eigenvalue weighted by Crippen LogP contribution is 2.36. The number of aliphatic imine (C=N–C) groups is 1. The van der Waals surface area contributed by atoms with Crippen LogP contribution in [0.1, 0.15) is 51.4 Å². The summed E-state index contributed by atoms with van der Waals surface area (Å²) in [7, 11) is 0. The first-order chi connectivity index (χ1) is 15.3. The Bertz CT molecular complexity index is 714. The summed E-state index contributed by atoms with van der Waals surface area (Å²) in [5.74, 6) is -0.610. The fraction of sp³-hybridized carbons (Fsp3) is 0.810. The maximum absolute atomic E-state index is 12.7. The maximum atomic E-state index is 12.7. The first kappa shape index (κ1) is 25.5. The molecule has 0 aromatic heterocycles. The van der Waals surface area contributed by atoms with Gasteiger partial charge in [-0.05, 0) is 44.4 Å². The molecule has 0 radical (unpaired) electrons. The molecule has 0 bridgehead atoms. The molecule has 3 rings (SSSR count). The Hall–Kier alpha value is -1.11. The van der Waals surface area contributed by atoms with E-state index in [4.69, 9.17) is 0 Å². The quantitative estimate of drug-likeness (QED) is 0.205.